The molecule has 1 heterocycles. The number of benzene rings is 1. The number of hydrogen-bond acceptors (Lipinski definition) is 2. The average molecular weight is 247 g/mol. The Hall–Kier alpha value is -1.35. The largest absolute Gasteiger partial charge is 0.388 e. The van der Waals surface area contributed by atoms with E-state index in [1.54, 1.807) is 0 Å². The van der Waals surface area contributed by atoms with E-state index in [2.05, 4.69) is 26.1 Å². The van der Waals surface area contributed by atoms with Crippen LogP contribution >= 0.6 is 0 Å². The van der Waals surface area contributed by atoms with Crippen molar-refractivity contribution in [2.45, 2.75) is 39.7 Å². The van der Waals surface area contributed by atoms with Gasteiger partial charge in [0.1, 0.15) is 0 Å². The normalized spacial score (nSPS) is 17.0. The molecule has 2 rings (SSSR count). The minimum atomic E-state index is -0.509. The summed E-state index contributed by atoms with van der Waals surface area (Å²) in [5.41, 5.74) is 2.69. The molecule has 1 aromatic rings. The summed E-state index contributed by atoms with van der Waals surface area (Å²) in [4.78, 5) is 11.8. The van der Waals surface area contributed by atoms with Gasteiger partial charge in [-0.2, -0.15) is 0 Å². The van der Waals surface area contributed by atoms with Crippen LogP contribution in [-0.2, 0) is 6.42 Å². The quantitative estimate of drug-likeness (QED) is 0.843. The van der Waals surface area contributed by atoms with Gasteiger partial charge >= 0.3 is 0 Å². The standard InChI is InChI=1S/C15H21NO2/c1-15(2,3)9-13(17)11-5-4-10-6-7-16-14(18)12(10)8-11/h4-5,8,13,17H,6-7,9H2,1-3H3,(H,16,18). The van der Waals surface area contributed by atoms with Gasteiger partial charge in [0.15, 0.2) is 0 Å². The van der Waals surface area contributed by atoms with E-state index in [0.29, 0.717) is 18.5 Å². The summed E-state index contributed by atoms with van der Waals surface area (Å²) >= 11 is 0. The third-order valence-corrected chi connectivity index (χ3v) is 3.25. The Morgan fingerprint density at radius 3 is 2.78 bits per heavy atom. The van der Waals surface area contributed by atoms with Gasteiger partial charge in [0, 0.05) is 12.1 Å². The minimum absolute atomic E-state index is 0.0268. The average Bonchev–Trinajstić information content (AvgIpc) is 2.27. The summed E-state index contributed by atoms with van der Waals surface area (Å²) in [6.45, 7) is 7.00. The molecule has 0 radical (unpaired) electrons. The third kappa shape index (κ3) is 2.91. The third-order valence-electron chi connectivity index (χ3n) is 3.25. The molecule has 0 fully saturated rings. The summed E-state index contributed by atoms with van der Waals surface area (Å²) in [6.07, 6.45) is 1.05. The monoisotopic (exact) mass is 247 g/mol. The SMILES string of the molecule is CC(C)(C)CC(O)c1ccc2c(c1)C(=O)NCC2. The van der Waals surface area contributed by atoms with E-state index in [0.717, 1.165) is 17.5 Å². The molecule has 1 aliphatic heterocycles. The highest BCUT2D eigenvalue weighted by Crippen LogP contribution is 2.30. The van der Waals surface area contributed by atoms with Crippen LogP contribution in [0.5, 0.6) is 0 Å². The summed E-state index contributed by atoms with van der Waals surface area (Å²) in [5, 5.41) is 13.0. The predicted molar refractivity (Wildman–Crippen MR) is 71.5 cm³/mol. The van der Waals surface area contributed by atoms with Gasteiger partial charge in [-0.05, 0) is 35.4 Å². The molecule has 1 aromatic carbocycles. The van der Waals surface area contributed by atoms with E-state index < -0.39 is 6.10 Å². The number of nitrogens with one attached hydrogen (secondary N) is 1. The first-order valence-corrected chi connectivity index (χ1v) is 6.46. The molecule has 18 heavy (non-hydrogen) atoms. The lowest BCUT2D eigenvalue weighted by atomic mass is 9.86. The van der Waals surface area contributed by atoms with Crippen molar-refractivity contribution < 1.29 is 9.90 Å². The number of fused-ring (bicyclic) bond motifs is 1. The Labute approximate surface area is 108 Å². The fraction of sp³-hybridized carbons (Fsp3) is 0.533. The van der Waals surface area contributed by atoms with Gasteiger partial charge in [0.2, 0.25) is 0 Å². The van der Waals surface area contributed by atoms with Crippen molar-refractivity contribution in [1.82, 2.24) is 5.32 Å². The van der Waals surface area contributed by atoms with Crippen LogP contribution in [0.15, 0.2) is 18.2 Å². The van der Waals surface area contributed by atoms with E-state index in [1.165, 1.54) is 0 Å². The Morgan fingerprint density at radius 2 is 2.11 bits per heavy atom. The molecule has 1 unspecified atom stereocenters. The molecule has 1 atom stereocenters. The second kappa shape index (κ2) is 4.73. The molecule has 0 saturated carbocycles. The maximum atomic E-state index is 11.8. The Morgan fingerprint density at radius 1 is 1.39 bits per heavy atom. The summed E-state index contributed by atoms with van der Waals surface area (Å²) in [5.74, 6) is -0.0268. The molecular formula is C15H21NO2. The molecule has 98 valence electrons. The van der Waals surface area contributed by atoms with Crippen molar-refractivity contribution in [2.24, 2.45) is 5.41 Å². The first kappa shape index (κ1) is 13.1. The van der Waals surface area contributed by atoms with Gasteiger partial charge in [0.05, 0.1) is 6.10 Å². The van der Waals surface area contributed by atoms with E-state index in [1.807, 2.05) is 18.2 Å². The van der Waals surface area contributed by atoms with Crippen LogP contribution in [0.3, 0.4) is 0 Å². The molecule has 3 nitrogen and oxygen atoms in total. The zero-order valence-electron chi connectivity index (χ0n) is 11.3. The molecule has 0 aliphatic carbocycles. The molecule has 0 bridgehead atoms. The lowest BCUT2D eigenvalue weighted by Gasteiger charge is -2.24. The summed E-state index contributed by atoms with van der Waals surface area (Å²) in [7, 11) is 0. The van der Waals surface area contributed by atoms with Gasteiger partial charge in [0.25, 0.3) is 5.91 Å². The molecule has 2 N–H and O–H groups in total. The number of aliphatic hydroxyl groups excluding tert-OH is 1. The van der Waals surface area contributed by atoms with Gasteiger partial charge in [-0.1, -0.05) is 32.9 Å². The smallest absolute Gasteiger partial charge is 0.251 e. The zero-order chi connectivity index (χ0) is 13.3. The number of carbonyl (C=O) groups is 1. The van der Waals surface area contributed by atoms with E-state index >= 15 is 0 Å². The summed E-state index contributed by atoms with van der Waals surface area (Å²) < 4.78 is 0. The number of amides is 1. The molecule has 0 spiro atoms. The van der Waals surface area contributed by atoms with Gasteiger partial charge in [-0.15, -0.1) is 0 Å². The highest BCUT2D eigenvalue weighted by Gasteiger charge is 2.21. The Bertz CT molecular complexity index is 460. The topological polar surface area (TPSA) is 49.3 Å². The van der Waals surface area contributed by atoms with Gasteiger partial charge in [-0.3, -0.25) is 4.79 Å². The molecule has 1 amide bonds. The lowest BCUT2D eigenvalue weighted by molar-refractivity contribution is 0.0945. The molecular weight excluding hydrogens is 226 g/mol. The van der Waals surface area contributed by atoms with Crippen molar-refractivity contribution in [3.8, 4) is 0 Å². The molecule has 0 saturated heterocycles. The second-order valence-electron chi connectivity index (χ2n) is 6.20. The fourth-order valence-electron chi connectivity index (χ4n) is 2.33. The Kier molecular flexibility index (Phi) is 3.44. The fourth-order valence-corrected chi connectivity index (χ4v) is 2.33. The number of rotatable bonds is 2. The molecule has 3 heteroatoms. The van der Waals surface area contributed by atoms with E-state index in [-0.39, 0.29) is 11.3 Å². The summed E-state index contributed by atoms with van der Waals surface area (Å²) in [6, 6.07) is 5.74. The van der Waals surface area contributed by atoms with Crippen molar-refractivity contribution in [1.29, 1.82) is 0 Å². The van der Waals surface area contributed by atoms with Crippen LogP contribution in [0.25, 0.3) is 0 Å². The predicted octanol–water partition coefficient (Wildman–Crippen LogP) is 2.44. The van der Waals surface area contributed by atoms with Crippen molar-refractivity contribution in [3.05, 3.63) is 34.9 Å². The number of carbonyl (C=O) groups excluding carboxylic acids is 1. The van der Waals surface area contributed by atoms with Gasteiger partial charge in [-0.25, -0.2) is 0 Å². The number of hydrogen-bond donors (Lipinski definition) is 2. The van der Waals surface area contributed by atoms with Crippen molar-refractivity contribution in [3.63, 3.8) is 0 Å². The van der Waals surface area contributed by atoms with E-state index in [4.69, 9.17) is 0 Å². The molecule has 0 aromatic heterocycles. The lowest BCUT2D eigenvalue weighted by Crippen LogP contribution is -2.32. The van der Waals surface area contributed by atoms with Crippen LogP contribution in [0.1, 0.15) is 54.8 Å². The highest BCUT2D eigenvalue weighted by molar-refractivity contribution is 5.96. The first-order valence-electron chi connectivity index (χ1n) is 6.46. The van der Waals surface area contributed by atoms with Crippen LogP contribution < -0.4 is 5.32 Å². The van der Waals surface area contributed by atoms with E-state index in [9.17, 15) is 9.90 Å². The maximum Gasteiger partial charge on any atom is 0.251 e. The van der Waals surface area contributed by atoms with Crippen LogP contribution in [-0.4, -0.2) is 17.6 Å². The first-order chi connectivity index (χ1) is 8.37. The zero-order valence-corrected chi connectivity index (χ0v) is 11.3. The minimum Gasteiger partial charge on any atom is -0.388 e. The number of aliphatic hydroxyl groups is 1. The second-order valence-corrected chi connectivity index (χ2v) is 6.20. The molecule has 1 aliphatic rings. The van der Waals surface area contributed by atoms with Crippen molar-refractivity contribution >= 4 is 5.91 Å². The maximum absolute atomic E-state index is 11.8. The Balaban J connectivity index is 2.25. The highest BCUT2D eigenvalue weighted by atomic mass is 16.3. The van der Waals surface area contributed by atoms with Gasteiger partial charge < -0.3 is 10.4 Å². The van der Waals surface area contributed by atoms with Crippen LogP contribution in [0.2, 0.25) is 0 Å². The van der Waals surface area contributed by atoms with Crippen molar-refractivity contribution in [2.75, 3.05) is 6.54 Å². The van der Waals surface area contributed by atoms with Crippen LogP contribution in [0, 0.1) is 5.41 Å². The van der Waals surface area contributed by atoms with Crippen LogP contribution in [0.4, 0.5) is 0 Å².